The second-order valence-corrected chi connectivity index (χ2v) is 6.27. The Hall–Kier alpha value is -1.72. The molecular weight excluding hydrogens is 352 g/mol. The van der Waals surface area contributed by atoms with Gasteiger partial charge in [-0.3, -0.25) is 4.40 Å². The average Bonchev–Trinajstić information content (AvgIpc) is 2.78. The summed E-state index contributed by atoms with van der Waals surface area (Å²) in [6.07, 6.45) is 1.97. The summed E-state index contributed by atoms with van der Waals surface area (Å²) in [6, 6.07) is 9.54. The summed E-state index contributed by atoms with van der Waals surface area (Å²) in [5.74, 6) is 0.594. The van der Waals surface area contributed by atoms with E-state index in [1.54, 1.807) is 0 Å². The molecule has 108 valence electrons. The second kappa shape index (κ2) is 5.24. The van der Waals surface area contributed by atoms with Gasteiger partial charge in [-0.2, -0.15) is 0 Å². The lowest BCUT2D eigenvalue weighted by atomic mass is 10.1. The van der Waals surface area contributed by atoms with Crippen molar-refractivity contribution in [1.29, 1.82) is 0 Å². The minimum Gasteiger partial charge on any atom is -0.383 e. The number of benzene rings is 1. The topological polar surface area (TPSA) is 46.6 Å². The first-order valence-corrected chi connectivity index (χ1v) is 7.55. The fourth-order valence-corrected chi connectivity index (χ4v) is 2.80. The third kappa shape index (κ3) is 2.47. The van der Waals surface area contributed by atoms with Crippen LogP contribution in [0.4, 0.5) is 11.5 Å². The first-order valence-electron chi connectivity index (χ1n) is 6.37. The van der Waals surface area contributed by atoms with E-state index in [-0.39, 0.29) is 0 Å². The molecular formula is C15H14BrClN4. The van der Waals surface area contributed by atoms with Gasteiger partial charge in [0.1, 0.15) is 17.2 Å². The molecule has 3 rings (SSSR count). The number of hydrogen-bond acceptors (Lipinski definition) is 3. The van der Waals surface area contributed by atoms with Gasteiger partial charge in [-0.1, -0.05) is 27.5 Å². The molecule has 2 N–H and O–H groups in total. The summed E-state index contributed by atoms with van der Waals surface area (Å²) in [5.41, 5.74) is 9.75. The highest BCUT2D eigenvalue weighted by molar-refractivity contribution is 9.10. The van der Waals surface area contributed by atoms with Crippen molar-refractivity contribution in [2.75, 3.05) is 24.7 Å². The molecule has 0 saturated carbocycles. The van der Waals surface area contributed by atoms with Crippen molar-refractivity contribution in [3.8, 4) is 11.3 Å². The number of imidazole rings is 1. The number of rotatable bonds is 2. The summed E-state index contributed by atoms with van der Waals surface area (Å²) in [5, 5.41) is 0.652. The zero-order valence-corrected chi connectivity index (χ0v) is 14.0. The predicted molar refractivity (Wildman–Crippen MR) is 92.1 cm³/mol. The van der Waals surface area contributed by atoms with Gasteiger partial charge in [-0.15, -0.1) is 0 Å². The van der Waals surface area contributed by atoms with Gasteiger partial charge in [-0.05, 0) is 30.3 Å². The van der Waals surface area contributed by atoms with E-state index >= 15 is 0 Å². The number of aromatic nitrogens is 2. The molecule has 3 aromatic rings. The Balaban J connectivity index is 2.24. The van der Waals surface area contributed by atoms with Gasteiger partial charge in [0.05, 0.1) is 5.69 Å². The zero-order valence-electron chi connectivity index (χ0n) is 11.6. The SMILES string of the molecule is CN(C)c1ccc2nc(-c3cc(Cl)ccc3Br)c(N)n2c1. The van der Waals surface area contributed by atoms with Crippen molar-refractivity contribution in [3.05, 3.63) is 46.0 Å². The standard InChI is InChI=1S/C15H14BrClN4/c1-20(2)10-4-6-13-19-14(15(18)21(13)8-10)11-7-9(17)3-5-12(11)16/h3-8H,18H2,1-2H3. The summed E-state index contributed by atoms with van der Waals surface area (Å²) in [7, 11) is 3.98. The molecule has 0 amide bonds. The highest BCUT2D eigenvalue weighted by atomic mass is 79.9. The van der Waals surface area contributed by atoms with E-state index in [0.717, 1.165) is 27.1 Å². The molecule has 0 aliphatic carbocycles. The second-order valence-electron chi connectivity index (χ2n) is 4.98. The Morgan fingerprint density at radius 3 is 2.71 bits per heavy atom. The zero-order chi connectivity index (χ0) is 15.1. The highest BCUT2D eigenvalue weighted by Gasteiger charge is 2.15. The largest absolute Gasteiger partial charge is 0.383 e. The third-order valence-corrected chi connectivity index (χ3v) is 4.27. The van der Waals surface area contributed by atoms with Crippen molar-refractivity contribution < 1.29 is 0 Å². The first-order chi connectivity index (χ1) is 9.97. The lowest BCUT2D eigenvalue weighted by molar-refractivity contribution is 1.09. The summed E-state index contributed by atoms with van der Waals surface area (Å²) in [6.45, 7) is 0. The van der Waals surface area contributed by atoms with Crippen molar-refractivity contribution in [3.63, 3.8) is 0 Å². The highest BCUT2D eigenvalue weighted by Crippen LogP contribution is 2.34. The van der Waals surface area contributed by atoms with Crippen LogP contribution in [0.2, 0.25) is 5.02 Å². The van der Waals surface area contributed by atoms with E-state index < -0.39 is 0 Å². The van der Waals surface area contributed by atoms with Crippen LogP contribution in [-0.4, -0.2) is 23.5 Å². The number of fused-ring (bicyclic) bond motifs is 1. The predicted octanol–water partition coefficient (Wildman–Crippen LogP) is 4.07. The van der Waals surface area contributed by atoms with Gasteiger partial charge in [0.2, 0.25) is 0 Å². The summed E-state index contributed by atoms with van der Waals surface area (Å²) >= 11 is 9.61. The maximum atomic E-state index is 6.28. The molecule has 6 heteroatoms. The fourth-order valence-electron chi connectivity index (χ4n) is 2.19. The number of pyridine rings is 1. The van der Waals surface area contributed by atoms with E-state index in [9.17, 15) is 0 Å². The summed E-state index contributed by atoms with van der Waals surface area (Å²) in [4.78, 5) is 6.64. The molecule has 0 saturated heterocycles. The van der Waals surface area contributed by atoms with Gasteiger partial charge in [0.15, 0.2) is 0 Å². The number of hydrogen-bond donors (Lipinski definition) is 1. The summed E-state index contributed by atoms with van der Waals surface area (Å²) < 4.78 is 2.80. The van der Waals surface area contributed by atoms with Gasteiger partial charge in [0.25, 0.3) is 0 Å². The molecule has 0 radical (unpaired) electrons. The molecule has 0 aliphatic rings. The van der Waals surface area contributed by atoms with Gasteiger partial charge >= 0.3 is 0 Å². The molecule has 0 aliphatic heterocycles. The van der Waals surface area contributed by atoms with Crippen LogP contribution >= 0.6 is 27.5 Å². The molecule has 0 fully saturated rings. The Labute approximate surface area is 136 Å². The molecule has 0 bridgehead atoms. The Kier molecular flexibility index (Phi) is 3.55. The first kappa shape index (κ1) is 14.2. The van der Waals surface area contributed by atoms with Gasteiger partial charge < -0.3 is 10.6 Å². The van der Waals surface area contributed by atoms with E-state index in [4.69, 9.17) is 17.3 Å². The average molecular weight is 366 g/mol. The fraction of sp³-hybridized carbons (Fsp3) is 0.133. The number of nitrogens with zero attached hydrogens (tertiary/aromatic N) is 3. The smallest absolute Gasteiger partial charge is 0.139 e. The van der Waals surface area contributed by atoms with E-state index in [0.29, 0.717) is 10.8 Å². The van der Waals surface area contributed by atoms with Crippen LogP contribution in [0.1, 0.15) is 0 Å². The van der Waals surface area contributed by atoms with Crippen molar-refractivity contribution in [2.24, 2.45) is 0 Å². The minimum atomic E-state index is 0.594. The van der Waals surface area contributed by atoms with Crippen LogP contribution in [-0.2, 0) is 0 Å². The molecule has 21 heavy (non-hydrogen) atoms. The van der Waals surface area contributed by atoms with Gasteiger partial charge in [0, 0.05) is 35.4 Å². The van der Waals surface area contributed by atoms with Crippen LogP contribution in [0.25, 0.3) is 16.9 Å². The molecule has 0 atom stereocenters. The Bertz CT molecular complexity index is 826. The Morgan fingerprint density at radius 1 is 1.24 bits per heavy atom. The van der Waals surface area contributed by atoms with Crippen LogP contribution < -0.4 is 10.6 Å². The lowest BCUT2D eigenvalue weighted by Gasteiger charge is -2.12. The molecule has 1 aromatic carbocycles. The number of halogens is 2. The lowest BCUT2D eigenvalue weighted by Crippen LogP contribution is -2.09. The molecule has 2 aromatic heterocycles. The van der Waals surface area contributed by atoms with Crippen molar-refractivity contribution >= 4 is 44.7 Å². The monoisotopic (exact) mass is 364 g/mol. The van der Waals surface area contributed by atoms with E-state index in [1.165, 1.54) is 0 Å². The third-order valence-electron chi connectivity index (χ3n) is 3.34. The number of nitrogens with two attached hydrogens (primary N) is 1. The number of nitrogen functional groups attached to an aromatic ring is 1. The maximum absolute atomic E-state index is 6.28. The van der Waals surface area contributed by atoms with E-state index in [1.807, 2.05) is 59.9 Å². The van der Waals surface area contributed by atoms with Gasteiger partial charge in [-0.25, -0.2) is 4.98 Å². The minimum absolute atomic E-state index is 0.594. The van der Waals surface area contributed by atoms with Crippen LogP contribution in [0.3, 0.4) is 0 Å². The van der Waals surface area contributed by atoms with E-state index in [2.05, 4.69) is 20.9 Å². The quantitative estimate of drug-likeness (QED) is 0.745. The maximum Gasteiger partial charge on any atom is 0.139 e. The molecule has 4 nitrogen and oxygen atoms in total. The molecule has 2 heterocycles. The molecule has 0 unspecified atom stereocenters. The van der Waals surface area contributed by atoms with Crippen LogP contribution in [0.5, 0.6) is 0 Å². The van der Waals surface area contributed by atoms with Crippen LogP contribution in [0, 0.1) is 0 Å². The normalized spacial score (nSPS) is 11.0. The number of anilines is 2. The van der Waals surface area contributed by atoms with Crippen molar-refractivity contribution in [1.82, 2.24) is 9.38 Å². The van der Waals surface area contributed by atoms with Crippen LogP contribution in [0.15, 0.2) is 41.0 Å². The van der Waals surface area contributed by atoms with Crippen molar-refractivity contribution in [2.45, 2.75) is 0 Å². The Morgan fingerprint density at radius 2 is 2.00 bits per heavy atom. The molecule has 0 spiro atoms.